The number of rotatable bonds is 9. The summed E-state index contributed by atoms with van der Waals surface area (Å²) in [4.78, 5) is 12.3. The van der Waals surface area contributed by atoms with Crippen LogP contribution < -0.4 is 9.46 Å². The summed E-state index contributed by atoms with van der Waals surface area (Å²) in [6, 6.07) is 34.3. The van der Waals surface area contributed by atoms with Crippen molar-refractivity contribution in [3.8, 4) is 5.75 Å². The Kier molecular flexibility index (Phi) is 8.56. The number of carbonyl (C=O) groups is 1. The third-order valence-corrected chi connectivity index (χ3v) is 7.43. The summed E-state index contributed by atoms with van der Waals surface area (Å²) < 4.78 is 32.1. The fraction of sp³-hybridized carbons (Fsp3) is 0.0938. The van der Waals surface area contributed by atoms with Crippen LogP contribution in [0.25, 0.3) is 17.2 Å². The van der Waals surface area contributed by atoms with Gasteiger partial charge in [0, 0.05) is 6.08 Å². The highest BCUT2D eigenvalue weighted by Crippen LogP contribution is 2.34. The van der Waals surface area contributed by atoms with E-state index in [1.54, 1.807) is 6.08 Å². The number of ether oxygens (including phenoxy) is 1. The lowest BCUT2D eigenvalue weighted by Gasteiger charge is -2.16. The second-order valence-corrected chi connectivity index (χ2v) is 10.2. The minimum atomic E-state index is -3.99. The molecule has 4 rings (SSSR count). The lowest BCUT2D eigenvalue weighted by Crippen LogP contribution is -2.28. The second-order valence-electron chi connectivity index (χ2n) is 8.54. The van der Waals surface area contributed by atoms with Crippen molar-refractivity contribution in [3.05, 3.63) is 138 Å². The van der Waals surface area contributed by atoms with Crippen LogP contribution in [0.3, 0.4) is 0 Å². The van der Waals surface area contributed by atoms with Gasteiger partial charge in [0.05, 0.1) is 12.0 Å². The SMILES string of the molecule is CC/C(=C(\c1ccccc1)c1ccc(/C=C/C(=O)NS(=O)(=O)c2ccc(OC)cc2)cc1)c1ccccc1. The van der Waals surface area contributed by atoms with Crippen molar-refractivity contribution in [2.24, 2.45) is 0 Å². The van der Waals surface area contributed by atoms with Gasteiger partial charge in [0.1, 0.15) is 5.75 Å². The summed E-state index contributed by atoms with van der Waals surface area (Å²) in [5, 5.41) is 0. The van der Waals surface area contributed by atoms with E-state index in [1.165, 1.54) is 48.6 Å². The molecule has 38 heavy (non-hydrogen) atoms. The number of hydrogen-bond donors (Lipinski definition) is 1. The van der Waals surface area contributed by atoms with Crippen LogP contribution in [-0.2, 0) is 14.8 Å². The molecule has 1 amide bonds. The first-order valence-corrected chi connectivity index (χ1v) is 13.7. The number of benzene rings is 4. The highest BCUT2D eigenvalue weighted by Gasteiger charge is 2.16. The Bertz CT molecular complexity index is 1540. The molecule has 192 valence electrons. The zero-order valence-corrected chi connectivity index (χ0v) is 22.1. The Balaban J connectivity index is 1.57. The second kappa shape index (κ2) is 12.2. The van der Waals surface area contributed by atoms with Gasteiger partial charge >= 0.3 is 0 Å². The molecule has 0 bridgehead atoms. The van der Waals surface area contributed by atoms with E-state index in [1.807, 2.05) is 60.7 Å². The Hall–Kier alpha value is -4.42. The van der Waals surface area contributed by atoms with Gasteiger partial charge in [-0.25, -0.2) is 13.1 Å². The molecular formula is C32H29NO4S. The Morgan fingerprint density at radius 1 is 0.763 bits per heavy atom. The van der Waals surface area contributed by atoms with Crippen LogP contribution >= 0.6 is 0 Å². The molecule has 0 aliphatic carbocycles. The lowest BCUT2D eigenvalue weighted by atomic mass is 9.88. The average Bonchev–Trinajstić information content (AvgIpc) is 2.96. The average molecular weight is 524 g/mol. The first kappa shape index (κ1) is 26.6. The Morgan fingerprint density at radius 2 is 1.32 bits per heavy atom. The van der Waals surface area contributed by atoms with Crippen molar-refractivity contribution in [1.29, 1.82) is 0 Å². The van der Waals surface area contributed by atoms with Crippen LogP contribution in [0.1, 0.15) is 35.6 Å². The van der Waals surface area contributed by atoms with Gasteiger partial charge in [0.2, 0.25) is 0 Å². The largest absolute Gasteiger partial charge is 0.497 e. The number of methoxy groups -OCH3 is 1. The third-order valence-electron chi connectivity index (χ3n) is 6.07. The maximum atomic E-state index is 12.5. The van der Waals surface area contributed by atoms with E-state index in [0.717, 1.165) is 28.7 Å². The molecular weight excluding hydrogens is 494 g/mol. The molecule has 6 heteroatoms. The molecule has 0 spiro atoms. The molecule has 1 N–H and O–H groups in total. The van der Waals surface area contributed by atoms with Crippen molar-refractivity contribution < 1.29 is 17.9 Å². The minimum Gasteiger partial charge on any atom is -0.497 e. The maximum Gasteiger partial charge on any atom is 0.264 e. The van der Waals surface area contributed by atoms with Crippen molar-refractivity contribution in [3.63, 3.8) is 0 Å². The molecule has 0 saturated heterocycles. The van der Waals surface area contributed by atoms with Gasteiger partial charge in [-0.15, -0.1) is 0 Å². The predicted molar refractivity (Wildman–Crippen MR) is 153 cm³/mol. The number of nitrogens with one attached hydrogen (secondary N) is 1. The highest BCUT2D eigenvalue weighted by atomic mass is 32.2. The molecule has 0 unspecified atom stereocenters. The van der Waals surface area contributed by atoms with Gasteiger partial charge < -0.3 is 4.74 Å². The third kappa shape index (κ3) is 6.47. The highest BCUT2D eigenvalue weighted by molar-refractivity contribution is 7.90. The van der Waals surface area contributed by atoms with Crippen LogP contribution in [-0.4, -0.2) is 21.4 Å². The van der Waals surface area contributed by atoms with E-state index < -0.39 is 15.9 Å². The van der Waals surface area contributed by atoms with Crippen LogP contribution in [0, 0.1) is 0 Å². The number of carbonyl (C=O) groups excluding carboxylic acids is 1. The molecule has 0 aromatic heterocycles. The Morgan fingerprint density at radius 3 is 1.87 bits per heavy atom. The monoisotopic (exact) mass is 523 g/mol. The van der Waals surface area contributed by atoms with E-state index in [-0.39, 0.29) is 4.90 Å². The fourth-order valence-corrected chi connectivity index (χ4v) is 5.14. The molecule has 0 atom stereocenters. The normalized spacial score (nSPS) is 12.2. The summed E-state index contributed by atoms with van der Waals surface area (Å²) >= 11 is 0. The molecule has 0 heterocycles. The molecule has 0 radical (unpaired) electrons. The molecule has 4 aromatic rings. The number of hydrogen-bond acceptors (Lipinski definition) is 4. The fourth-order valence-electron chi connectivity index (χ4n) is 4.20. The van der Waals surface area contributed by atoms with E-state index >= 15 is 0 Å². The quantitative estimate of drug-likeness (QED) is 0.199. The van der Waals surface area contributed by atoms with E-state index in [2.05, 4.69) is 35.9 Å². The van der Waals surface area contributed by atoms with E-state index in [4.69, 9.17) is 4.74 Å². The molecule has 0 aliphatic heterocycles. The van der Waals surface area contributed by atoms with Gasteiger partial charge in [-0.2, -0.15) is 0 Å². The van der Waals surface area contributed by atoms with E-state index in [0.29, 0.717) is 5.75 Å². The van der Waals surface area contributed by atoms with Crippen molar-refractivity contribution >= 4 is 33.2 Å². The maximum absolute atomic E-state index is 12.5. The molecule has 0 aliphatic rings. The smallest absolute Gasteiger partial charge is 0.264 e. The first-order valence-electron chi connectivity index (χ1n) is 12.2. The van der Waals surface area contributed by atoms with Crippen LogP contribution in [0.15, 0.2) is 120 Å². The van der Waals surface area contributed by atoms with Crippen LogP contribution in [0.2, 0.25) is 0 Å². The zero-order chi connectivity index (χ0) is 27.0. The van der Waals surface area contributed by atoms with Crippen LogP contribution in [0.4, 0.5) is 0 Å². The molecule has 5 nitrogen and oxygen atoms in total. The number of allylic oxidation sites excluding steroid dienone is 1. The summed E-state index contributed by atoms with van der Waals surface area (Å²) in [5.41, 5.74) is 6.52. The standard InChI is InChI=1S/C32H29NO4S/c1-3-30(25-10-6-4-7-11-25)32(26-12-8-5-9-13-26)27-17-14-24(15-18-27)16-23-31(34)33-38(35,36)29-21-19-28(37-2)20-22-29/h4-23H,3H2,1-2H3,(H,33,34)/b23-16+,32-30-. The molecule has 4 aromatic carbocycles. The summed E-state index contributed by atoms with van der Waals surface area (Å²) in [6.45, 7) is 2.15. The van der Waals surface area contributed by atoms with Crippen molar-refractivity contribution in [1.82, 2.24) is 4.72 Å². The van der Waals surface area contributed by atoms with Crippen molar-refractivity contribution in [2.75, 3.05) is 7.11 Å². The van der Waals surface area contributed by atoms with Gasteiger partial charge in [0.25, 0.3) is 15.9 Å². The minimum absolute atomic E-state index is 0.0187. The number of sulfonamides is 1. The summed E-state index contributed by atoms with van der Waals surface area (Å²) in [7, 11) is -2.50. The molecule has 0 fully saturated rings. The van der Waals surface area contributed by atoms with Crippen LogP contribution in [0.5, 0.6) is 5.75 Å². The summed E-state index contributed by atoms with van der Waals surface area (Å²) in [5.74, 6) is -0.203. The molecule has 0 saturated carbocycles. The lowest BCUT2D eigenvalue weighted by molar-refractivity contribution is -0.114. The van der Waals surface area contributed by atoms with Gasteiger partial charge in [0.15, 0.2) is 0 Å². The van der Waals surface area contributed by atoms with E-state index in [9.17, 15) is 13.2 Å². The predicted octanol–water partition coefficient (Wildman–Crippen LogP) is 6.58. The van der Waals surface area contributed by atoms with Crippen molar-refractivity contribution in [2.45, 2.75) is 18.2 Å². The zero-order valence-electron chi connectivity index (χ0n) is 21.3. The van der Waals surface area contributed by atoms with Gasteiger partial charge in [-0.05, 0) is 70.2 Å². The Labute approximate surface area is 224 Å². The first-order chi connectivity index (χ1) is 18.4. The van der Waals surface area contributed by atoms with Gasteiger partial charge in [-0.1, -0.05) is 91.9 Å². The topological polar surface area (TPSA) is 72.5 Å². The van der Waals surface area contributed by atoms with Gasteiger partial charge in [-0.3, -0.25) is 4.79 Å². The number of amides is 1. The summed E-state index contributed by atoms with van der Waals surface area (Å²) in [6.07, 6.45) is 3.66.